The number of anilines is 1. The molecule has 1 aliphatic carbocycles. The zero-order chi connectivity index (χ0) is 16.2. The first kappa shape index (κ1) is 15.1. The van der Waals surface area contributed by atoms with Crippen LogP contribution in [-0.4, -0.2) is 34.7 Å². The molecule has 0 aliphatic heterocycles. The summed E-state index contributed by atoms with van der Waals surface area (Å²) in [4.78, 5) is 19.5. The molecule has 0 atom stereocenters. The Bertz CT molecular complexity index is 699. The summed E-state index contributed by atoms with van der Waals surface area (Å²) in [6, 6.07) is 4.42. The molecule has 1 heterocycles. The van der Waals surface area contributed by atoms with E-state index in [1.54, 1.807) is 12.3 Å². The predicted octanol–water partition coefficient (Wildman–Crippen LogP) is 2.80. The number of aromatic nitrogens is 2. The van der Waals surface area contributed by atoms with Crippen molar-refractivity contribution < 1.29 is 19.4 Å². The molecule has 2 aromatic rings. The Morgan fingerprint density at radius 3 is 2.65 bits per heavy atom. The lowest BCUT2D eigenvalue weighted by Gasteiger charge is -2.09. The lowest BCUT2D eigenvalue weighted by Crippen LogP contribution is -2.05. The molecule has 0 bridgehead atoms. The lowest BCUT2D eigenvalue weighted by molar-refractivity contribution is 0.0696. The maximum absolute atomic E-state index is 11.1. The van der Waals surface area contributed by atoms with E-state index in [-0.39, 0.29) is 11.4 Å². The van der Waals surface area contributed by atoms with Crippen molar-refractivity contribution in [2.24, 2.45) is 5.92 Å². The molecule has 1 aromatic heterocycles. The van der Waals surface area contributed by atoms with Crippen molar-refractivity contribution in [1.82, 2.24) is 9.97 Å². The van der Waals surface area contributed by atoms with Crippen LogP contribution in [0.25, 0.3) is 0 Å². The van der Waals surface area contributed by atoms with E-state index in [2.05, 4.69) is 15.3 Å². The molecule has 0 spiro atoms. The Morgan fingerprint density at radius 1 is 1.26 bits per heavy atom. The summed E-state index contributed by atoms with van der Waals surface area (Å²) in [6.45, 7) is 0.909. The number of hydrogen-bond acceptors (Lipinski definition) is 6. The number of aromatic carboxylic acids is 1. The minimum Gasteiger partial charge on any atom is -0.497 e. The van der Waals surface area contributed by atoms with Gasteiger partial charge >= 0.3 is 5.97 Å². The van der Waals surface area contributed by atoms with Crippen molar-refractivity contribution in [2.45, 2.75) is 12.8 Å². The molecule has 7 nitrogen and oxygen atoms in total. The molecule has 1 saturated carbocycles. The number of nitrogens with zero attached hydrogens (tertiary/aromatic N) is 2. The highest BCUT2D eigenvalue weighted by molar-refractivity contribution is 5.88. The fourth-order valence-electron chi connectivity index (χ4n) is 2.02. The maximum atomic E-state index is 11.1. The minimum absolute atomic E-state index is 0.0787. The number of benzene rings is 1. The second-order valence-corrected chi connectivity index (χ2v) is 5.37. The molecule has 0 amide bonds. The molecule has 0 radical (unpaired) electrons. The molecule has 1 aliphatic rings. The lowest BCUT2D eigenvalue weighted by atomic mass is 10.2. The van der Waals surface area contributed by atoms with E-state index in [9.17, 15) is 4.79 Å². The van der Waals surface area contributed by atoms with Gasteiger partial charge < -0.3 is 19.9 Å². The van der Waals surface area contributed by atoms with Crippen molar-refractivity contribution in [3.63, 3.8) is 0 Å². The minimum atomic E-state index is -1.06. The number of carboxylic acids is 1. The molecule has 23 heavy (non-hydrogen) atoms. The molecule has 7 heteroatoms. The molecule has 1 fully saturated rings. The Kier molecular flexibility index (Phi) is 4.27. The van der Waals surface area contributed by atoms with Crippen LogP contribution in [0.2, 0.25) is 0 Å². The summed E-state index contributed by atoms with van der Waals surface area (Å²) in [6.07, 6.45) is 5.62. The van der Waals surface area contributed by atoms with Crippen molar-refractivity contribution in [3.8, 4) is 17.4 Å². The van der Waals surface area contributed by atoms with Gasteiger partial charge in [-0.15, -0.1) is 0 Å². The van der Waals surface area contributed by atoms with Gasteiger partial charge in [-0.3, -0.25) is 0 Å². The summed E-state index contributed by atoms with van der Waals surface area (Å²) in [5.41, 5.74) is 0.0787. The number of hydrogen-bond donors (Lipinski definition) is 2. The van der Waals surface area contributed by atoms with E-state index in [0.29, 0.717) is 17.3 Å². The molecule has 3 rings (SSSR count). The van der Waals surface area contributed by atoms with Crippen LogP contribution >= 0.6 is 0 Å². The van der Waals surface area contributed by atoms with Gasteiger partial charge in [-0.1, -0.05) is 0 Å². The van der Waals surface area contributed by atoms with Crippen LogP contribution in [0.3, 0.4) is 0 Å². The van der Waals surface area contributed by atoms with Gasteiger partial charge in [0.25, 0.3) is 0 Å². The first-order valence-electron chi connectivity index (χ1n) is 7.30. The van der Waals surface area contributed by atoms with Crippen LogP contribution in [0.5, 0.6) is 17.4 Å². The van der Waals surface area contributed by atoms with Crippen molar-refractivity contribution in [1.29, 1.82) is 0 Å². The fraction of sp³-hybridized carbons (Fsp3) is 0.312. The number of ether oxygens (including phenoxy) is 2. The van der Waals surface area contributed by atoms with E-state index < -0.39 is 5.97 Å². The van der Waals surface area contributed by atoms with E-state index in [1.165, 1.54) is 38.3 Å². The quantitative estimate of drug-likeness (QED) is 0.811. The topological polar surface area (TPSA) is 93.6 Å². The van der Waals surface area contributed by atoms with Crippen molar-refractivity contribution >= 4 is 11.8 Å². The fourth-order valence-corrected chi connectivity index (χ4v) is 2.02. The third-order valence-electron chi connectivity index (χ3n) is 3.48. The number of methoxy groups -OCH3 is 1. The van der Waals surface area contributed by atoms with Gasteiger partial charge in [0.05, 0.1) is 25.1 Å². The number of nitrogens with one attached hydrogen (secondary N) is 1. The van der Waals surface area contributed by atoms with Crippen LogP contribution in [0.15, 0.2) is 30.6 Å². The summed E-state index contributed by atoms with van der Waals surface area (Å²) in [7, 11) is 1.46. The van der Waals surface area contributed by atoms with Crippen LogP contribution in [-0.2, 0) is 0 Å². The molecule has 1 aromatic carbocycles. The first-order valence-corrected chi connectivity index (χ1v) is 7.30. The average Bonchev–Trinajstić information content (AvgIpc) is 3.38. The van der Waals surface area contributed by atoms with E-state index >= 15 is 0 Å². The van der Waals surface area contributed by atoms with Gasteiger partial charge in [0.1, 0.15) is 17.3 Å². The summed E-state index contributed by atoms with van der Waals surface area (Å²) in [5.74, 6) is 1.40. The van der Waals surface area contributed by atoms with Gasteiger partial charge in [-0.2, -0.15) is 0 Å². The number of carbonyl (C=O) groups is 1. The Hall–Kier alpha value is -2.83. The third-order valence-corrected chi connectivity index (χ3v) is 3.48. The zero-order valence-corrected chi connectivity index (χ0v) is 12.7. The Morgan fingerprint density at radius 2 is 2.04 bits per heavy atom. The first-order chi connectivity index (χ1) is 11.1. The second-order valence-electron chi connectivity index (χ2n) is 5.37. The highest BCUT2D eigenvalue weighted by atomic mass is 16.5. The summed E-state index contributed by atoms with van der Waals surface area (Å²) in [5, 5.41) is 12.3. The molecular formula is C16H17N3O4. The summed E-state index contributed by atoms with van der Waals surface area (Å²) < 4.78 is 10.6. The average molecular weight is 315 g/mol. The Balaban J connectivity index is 1.70. The van der Waals surface area contributed by atoms with Crippen molar-refractivity contribution in [3.05, 3.63) is 36.2 Å². The SMILES string of the molecule is COc1cc(Oc2cnc(NCC3CC3)cn2)cc(C(=O)O)c1. The van der Waals surface area contributed by atoms with Crippen LogP contribution < -0.4 is 14.8 Å². The van der Waals surface area contributed by atoms with Gasteiger partial charge in [-0.25, -0.2) is 14.8 Å². The molecule has 120 valence electrons. The molecule has 2 N–H and O–H groups in total. The van der Waals surface area contributed by atoms with E-state index in [1.807, 2.05) is 0 Å². The highest BCUT2D eigenvalue weighted by Crippen LogP contribution is 2.29. The van der Waals surface area contributed by atoms with Gasteiger partial charge in [-0.05, 0) is 30.9 Å². The standard InChI is InChI=1S/C16H17N3O4/c1-22-12-4-11(16(20)21)5-13(6-12)23-15-9-18-14(8-19-15)17-7-10-2-3-10/h4-6,8-10H,2-3,7H2,1H3,(H,17,18)(H,20,21). The van der Waals surface area contributed by atoms with E-state index in [4.69, 9.17) is 14.6 Å². The van der Waals surface area contributed by atoms with Gasteiger partial charge in [0.2, 0.25) is 5.88 Å². The molecule has 0 unspecified atom stereocenters. The monoisotopic (exact) mass is 315 g/mol. The molecular weight excluding hydrogens is 298 g/mol. The number of rotatable bonds is 7. The van der Waals surface area contributed by atoms with Gasteiger partial charge in [0, 0.05) is 12.6 Å². The second kappa shape index (κ2) is 6.51. The normalized spacial score (nSPS) is 13.4. The van der Waals surface area contributed by atoms with Crippen molar-refractivity contribution in [2.75, 3.05) is 19.0 Å². The van der Waals surface area contributed by atoms with E-state index in [0.717, 1.165) is 12.5 Å². The third kappa shape index (κ3) is 4.09. The zero-order valence-electron chi connectivity index (χ0n) is 12.7. The largest absolute Gasteiger partial charge is 0.497 e. The van der Waals surface area contributed by atoms with Gasteiger partial charge in [0.15, 0.2) is 0 Å². The Labute approximate surface area is 133 Å². The number of carboxylic acid groups (broad SMARTS) is 1. The van der Waals surface area contributed by atoms with Crippen LogP contribution in [0.1, 0.15) is 23.2 Å². The summed E-state index contributed by atoms with van der Waals surface area (Å²) >= 11 is 0. The predicted molar refractivity (Wildman–Crippen MR) is 83.3 cm³/mol. The van der Waals surface area contributed by atoms with Crippen LogP contribution in [0.4, 0.5) is 5.82 Å². The highest BCUT2D eigenvalue weighted by Gasteiger charge is 2.20. The smallest absolute Gasteiger partial charge is 0.335 e. The van der Waals surface area contributed by atoms with Crippen LogP contribution in [0, 0.1) is 5.92 Å². The molecule has 0 saturated heterocycles. The maximum Gasteiger partial charge on any atom is 0.335 e.